The normalized spacial score (nSPS) is 10.8. The Balaban J connectivity index is 1.86. The minimum atomic E-state index is -4.45. The molecule has 0 aliphatic rings. The fourth-order valence-corrected chi connectivity index (χ4v) is 2.16. The van der Waals surface area contributed by atoms with E-state index >= 15 is 0 Å². The average Bonchev–Trinajstić information content (AvgIpc) is 2.65. The van der Waals surface area contributed by atoms with E-state index in [2.05, 4.69) is 16.0 Å². The summed E-state index contributed by atoms with van der Waals surface area (Å²) in [5, 5.41) is 7.25. The molecule has 0 fully saturated rings. The summed E-state index contributed by atoms with van der Waals surface area (Å²) in [6.45, 7) is -0.381. The number of carbonyl (C=O) groups excluding carboxylic acids is 2. The first-order valence-corrected chi connectivity index (χ1v) is 7.96. The van der Waals surface area contributed by atoms with Gasteiger partial charge in [0, 0.05) is 29.6 Å². The van der Waals surface area contributed by atoms with Gasteiger partial charge in [0.1, 0.15) is 11.5 Å². The fraction of sp³-hybridized carbons (Fsp3) is 0.222. The number of benzene rings is 2. The molecule has 2 aromatic rings. The van der Waals surface area contributed by atoms with E-state index in [1.54, 1.807) is 18.2 Å². The SMILES string of the molecule is COc1cc(NC(=O)NCC(=O)Nc2ccc(C(F)(F)F)cc2)cc(OC)c1. The highest BCUT2D eigenvalue weighted by Gasteiger charge is 2.29. The zero-order chi connectivity index (χ0) is 20.7. The molecule has 2 aromatic carbocycles. The van der Waals surface area contributed by atoms with Gasteiger partial charge >= 0.3 is 12.2 Å². The second-order valence-corrected chi connectivity index (χ2v) is 5.53. The molecule has 0 aliphatic heterocycles. The number of rotatable bonds is 6. The molecule has 0 heterocycles. The number of urea groups is 1. The Morgan fingerprint density at radius 1 is 0.893 bits per heavy atom. The molecular formula is C18H18F3N3O4. The van der Waals surface area contributed by atoms with E-state index in [0.717, 1.165) is 24.3 Å². The van der Waals surface area contributed by atoms with E-state index in [-0.39, 0.29) is 12.2 Å². The zero-order valence-electron chi connectivity index (χ0n) is 15.0. The van der Waals surface area contributed by atoms with Crippen molar-refractivity contribution in [2.75, 3.05) is 31.4 Å². The van der Waals surface area contributed by atoms with Crippen molar-refractivity contribution in [3.63, 3.8) is 0 Å². The van der Waals surface area contributed by atoms with Crippen LogP contribution in [0.5, 0.6) is 11.5 Å². The first-order valence-electron chi connectivity index (χ1n) is 7.96. The monoisotopic (exact) mass is 397 g/mol. The number of carbonyl (C=O) groups is 2. The molecule has 3 N–H and O–H groups in total. The van der Waals surface area contributed by atoms with Crippen molar-refractivity contribution in [1.29, 1.82) is 0 Å². The highest BCUT2D eigenvalue weighted by molar-refractivity contribution is 5.97. The number of amides is 3. The predicted octanol–water partition coefficient (Wildman–Crippen LogP) is 3.48. The fourth-order valence-electron chi connectivity index (χ4n) is 2.16. The maximum absolute atomic E-state index is 12.5. The Bertz CT molecular complexity index is 817. The molecule has 2 rings (SSSR count). The molecule has 10 heteroatoms. The van der Waals surface area contributed by atoms with Gasteiger partial charge in [0.25, 0.3) is 0 Å². The number of anilines is 2. The molecule has 7 nitrogen and oxygen atoms in total. The summed E-state index contributed by atoms with van der Waals surface area (Å²) in [6.07, 6.45) is -4.45. The maximum atomic E-state index is 12.5. The van der Waals surface area contributed by atoms with Crippen LogP contribution in [0.1, 0.15) is 5.56 Å². The quantitative estimate of drug-likeness (QED) is 0.696. The van der Waals surface area contributed by atoms with Crippen molar-refractivity contribution < 1.29 is 32.2 Å². The largest absolute Gasteiger partial charge is 0.497 e. The van der Waals surface area contributed by atoms with Gasteiger partial charge < -0.3 is 25.4 Å². The van der Waals surface area contributed by atoms with Gasteiger partial charge in [-0.1, -0.05) is 0 Å². The van der Waals surface area contributed by atoms with Gasteiger partial charge in [-0.15, -0.1) is 0 Å². The Morgan fingerprint density at radius 2 is 1.46 bits per heavy atom. The van der Waals surface area contributed by atoms with Crippen LogP contribution in [0.2, 0.25) is 0 Å². The summed E-state index contributed by atoms with van der Waals surface area (Å²) in [5.41, 5.74) is -0.258. The number of ether oxygens (including phenoxy) is 2. The van der Waals surface area contributed by atoms with Crippen LogP contribution < -0.4 is 25.4 Å². The van der Waals surface area contributed by atoms with Gasteiger partial charge in [-0.3, -0.25) is 4.79 Å². The molecule has 0 unspecified atom stereocenters. The van der Waals surface area contributed by atoms with Crippen LogP contribution in [0.3, 0.4) is 0 Å². The number of alkyl halides is 3. The predicted molar refractivity (Wildman–Crippen MR) is 96.6 cm³/mol. The molecule has 0 aromatic heterocycles. The van der Waals surface area contributed by atoms with Crippen LogP contribution >= 0.6 is 0 Å². The summed E-state index contributed by atoms with van der Waals surface area (Å²) < 4.78 is 47.7. The van der Waals surface area contributed by atoms with Gasteiger partial charge in [-0.25, -0.2) is 4.79 Å². The number of methoxy groups -OCH3 is 2. The standard InChI is InChI=1S/C18H18F3N3O4/c1-27-14-7-13(8-15(9-14)28-2)24-17(26)22-10-16(25)23-12-5-3-11(4-6-12)18(19,20)21/h3-9H,10H2,1-2H3,(H,23,25)(H2,22,24,26). The van der Waals surface area contributed by atoms with Crippen molar-refractivity contribution in [3.05, 3.63) is 48.0 Å². The van der Waals surface area contributed by atoms with Crippen LogP contribution in [0.15, 0.2) is 42.5 Å². The lowest BCUT2D eigenvalue weighted by Gasteiger charge is -2.11. The van der Waals surface area contributed by atoms with E-state index in [9.17, 15) is 22.8 Å². The topological polar surface area (TPSA) is 88.7 Å². The summed E-state index contributed by atoms with van der Waals surface area (Å²) in [4.78, 5) is 23.8. The van der Waals surface area contributed by atoms with Crippen LogP contribution in [-0.4, -0.2) is 32.7 Å². The van der Waals surface area contributed by atoms with E-state index in [1.165, 1.54) is 14.2 Å². The van der Waals surface area contributed by atoms with E-state index in [0.29, 0.717) is 17.2 Å². The number of halogens is 3. The van der Waals surface area contributed by atoms with Gasteiger partial charge in [-0.05, 0) is 24.3 Å². The zero-order valence-corrected chi connectivity index (χ0v) is 15.0. The summed E-state index contributed by atoms with van der Waals surface area (Å²) >= 11 is 0. The van der Waals surface area contributed by atoms with Crippen molar-refractivity contribution in [2.45, 2.75) is 6.18 Å². The molecule has 28 heavy (non-hydrogen) atoms. The number of nitrogens with one attached hydrogen (secondary N) is 3. The third kappa shape index (κ3) is 6.08. The number of hydrogen-bond acceptors (Lipinski definition) is 4. The second-order valence-electron chi connectivity index (χ2n) is 5.53. The first-order chi connectivity index (χ1) is 13.2. The molecule has 0 spiro atoms. The van der Waals surface area contributed by atoms with Crippen LogP contribution in [0.4, 0.5) is 29.3 Å². The third-order valence-electron chi connectivity index (χ3n) is 3.51. The van der Waals surface area contributed by atoms with Crippen molar-refractivity contribution >= 4 is 23.3 Å². The van der Waals surface area contributed by atoms with Crippen LogP contribution in [-0.2, 0) is 11.0 Å². The summed E-state index contributed by atoms with van der Waals surface area (Å²) in [6, 6.07) is 8.05. The Morgan fingerprint density at radius 3 is 1.96 bits per heavy atom. The lowest BCUT2D eigenvalue weighted by atomic mass is 10.2. The molecule has 150 valence electrons. The smallest absolute Gasteiger partial charge is 0.416 e. The minimum absolute atomic E-state index is 0.178. The van der Waals surface area contributed by atoms with Crippen molar-refractivity contribution in [2.24, 2.45) is 0 Å². The lowest BCUT2D eigenvalue weighted by molar-refractivity contribution is -0.137. The molecular weight excluding hydrogens is 379 g/mol. The Kier molecular flexibility index (Phi) is 6.69. The summed E-state index contributed by atoms with van der Waals surface area (Å²) in [5.74, 6) is 0.336. The molecule has 0 bridgehead atoms. The molecule has 0 saturated carbocycles. The molecule has 3 amide bonds. The first kappa shape index (κ1) is 20.9. The summed E-state index contributed by atoms with van der Waals surface area (Å²) in [7, 11) is 2.93. The molecule has 0 atom stereocenters. The highest BCUT2D eigenvalue weighted by Crippen LogP contribution is 2.29. The molecule has 0 radical (unpaired) electrons. The maximum Gasteiger partial charge on any atom is 0.416 e. The third-order valence-corrected chi connectivity index (χ3v) is 3.51. The number of hydrogen-bond donors (Lipinski definition) is 3. The Labute approximate surface area is 158 Å². The van der Waals surface area contributed by atoms with Gasteiger partial charge in [0.15, 0.2) is 0 Å². The van der Waals surface area contributed by atoms with Gasteiger partial charge in [0.05, 0.1) is 26.3 Å². The van der Waals surface area contributed by atoms with Gasteiger partial charge in [0.2, 0.25) is 5.91 Å². The Hall–Kier alpha value is -3.43. The molecule has 0 aliphatic carbocycles. The van der Waals surface area contributed by atoms with E-state index in [1.807, 2.05) is 0 Å². The van der Waals surface area contributed by atoms with E-state index < -0.39 is 23.7 Å². The lowest BCUT2D eigenvalue weighted by Crippen LogP contribution is -2.35. The van der Waals surface area contributed by atoms with Gasteiger partial charge in [-0.2, -0.15) is 13.2 Å². The van der Waals surface area contributed by atoms with E-state index in [4.69, 9.17) is 9.47 Å². The van der Waals surface area contributed by atoms with Crippen LogP contribution in [0, 0.1) is 0 Å². The highest BCUT2D eigenvalue weighted by atomic mass is 19.4. The second kappa shape index (κ2) is 8.98. The average molecular weight is 397 g/mol. The van der Waals surface area contributed by atoms with Crippen LogP contribution in [0.25, 0.3) is 0 Å². The van der Waals surface area contributed by atoms with Crippen molar-refractivity contribution in [3.8, 4) is 11.5 Å². The van der Waals surface area contributed by atoms with Crippen molar-refractivity contribution in [1.82, 2.24) is 5.32 Å². The molecule has 0 saturated heterocycles. The minimum Gasteiger partial charge on any atom is -0.497 e.